The second-order valence-corrected chi connectivity index (χ2v) is 4.56. The van der Waals surface area contributed by atoms with Gasteiger partial charge < -0.3 is 11.5 Å². The molecule has 3 N–H and O–H groups in total. The van der Waals surface area contributed by atoms with Gasteiger partial charge in [0.05, 0.1) is 6.61 Å². The average Bonchev–Trinajstić information content (AvgIpc) is 2.29. The van der Waals surface area contributed by atoms with E-state index in [4.69, 9.17) is 22.3 Å². The first kappa shape index (κ1) is 29.9. The van der Waals surface area contributed by atoms with Crippen LogP contribution in [0.5, 0.6) is 0 Å². The van der Waals surface area contributed by atoms with Gasteiger partial charge >= 0.3 is 67.8 Å². The van der Waals surface area contributed by atoms with Crippen molar-refractivity contribution in [3.05, 3.63) is 0 Å². The largest absolute Gasteiger partial charge is 1.00 e. The summed E-state index contributed by atoms with van der Waals surface area (Å²) in [4.78, 5) is 10.7. The molecule has 0 unspecified atom stereocenters. The van der Waals surface area contributed by atoms with E-state index in [9.17, 15) is 4.79 Å². The maximum Gasteiger partial charge on any atom is 1.00 e. The fraction of sp³-hybridized carbons (Fsp3) is 0.917. The Morgan fingerprint density at radius 3 is 1.76 bits per heavy atom. The summed E-state index contributed by atoms with van der Waals surface area (Å²) in [5, 5.41) is 3.11. The standard InChI is InChI=1S/C8H16O2.C4H11N.K.H2O4S.H/c1-3-5-6-7-8(9)10-4-2;1-3-5-4-2;;1-5(2,3)4;/h3-7H2,1-2H3;5H,3-4H2,1-2H3;;(H2,1,2,3,4);/q;;+1;;-1. The van der Waals surface area contributed by atoms with E-state index in [0.29, 0.717) is 13.0 Å². The molecule has 0 spiro atoms. The molecule has 0 atom stereocenters. The van der Waals surface area contributed by atoms with E-state index in [-0.39, 0.29) is 58.8 Å². The summed E-state index contributed by atoms with van der Waals surface area (Å²) in [5.41, 5.74) is 0. The van der Waals surface area contributed by atoms with Crippen LogP contribution in [0.3, 0.4) is 0 Å². The van der Waals surface area contributed by atoms with Crippen molar-refractivity contribution in [2.45, 2.75) is 53.4 Å². The first-order valence-electron chi connectivity index (χ1n) is 6.78. The maximum atomic E-state index is 10.7. The number of carbonyl (C=O) groups is 1. The summed E-state index contributed by atoms with van der Waals surface area (Å²) in [7, 11) is -4.67. The van der Waals surface area contributed by atoms with Crippen molar-refractivity contribution >= 4 is 16.4 Å². The predicted molar refractivity (Wildman–Crippen MR) is 80.3 cm³/mol. The molecule has 0 aromatic carbocycles. The van der Waals surface area contributed by atoms with Crippen LogP contribution < -0.4 is 56.7 Å². The topological polar surface area (TPSA) is 113 Å². The fourth-order valence-corrected chi connectivity index (χ4v) is 1.00. The van der Waals surface area contributed by atoms with Crippen LogP contribution in [0.1, 0.15) is 54.8 Å². The molecule has 0 amide bonds. The zero-order chi connectivity index (χ0) is 16.4. The van der Waals surface area contributed by atoms with Crippen molar-refractivity contribution in [2.24, 2.45) is 0 Å². The van der Waals surface area contributed by atoms with Crippen LogP contribution in [0, 0.1) is 0 Å². The second kappa shape index (κ2) is 23.2. The summed E-state index contributed by atoms with van der Waals surface area (Å²) < 4.78 is 36.3. The van der Waals surface area contributed by atoms with E-state index in [1.54, 1.807) is 0 Å². The smallest absolute Gasteiger partial charge is 1.00 e. The van der Waals surface area contributed by atoms with Gasteiger partial charge in [-0.05, 0) is 26.4 Å². The monoisotopic (exact) mass is 355 g/mol. The minimum Gasteiger partial charge on any atom is -1.00 e. The van der Waals surface area contributed by atoms with E-state index in [0.717, 1.165) is 32.4 Å². The van der Waals surface area contributed by atoms with Crippen LogP contribution in [-0.2, 0) is 19.9 Å². The molecule has 0 radical (unpaired) electrons. The molecule has 0 aliphatic carbocycles. The van der Waals surface area contributed by atoms with E-state index < -0.39 is 10.4 Å². The normalized spacial score (nSPS) is 9.24. The fourth-order valence-electron chi connectivity index (χ4n) is 1.00. The number of hydrogen-bond donors (Lipinski definition) is 3. The molecule has 0 rings (SSSR count). The van der Waals surface area contributed by atoms with E-state index in [1.807, 2.05) is 6.92 Å². The van der Waals surface area contributed by atoms with Gasteiger partial charge in [0.25, 0.3) is 0 Å². The Morgan fingerprint density at radius 2 is 1.52 bits per heavy atom. The number of hydrogen-bond acceptors (Lipinski definition) is 5. The third-order valence-corrected chi connectivity index (χ3v) is 1.79. The van der Waals surface area contributed by atoms with Gasteiger partial charge in [0.1, 0.15) is 0 Å². The molecule has 126 valence electrons. The number of esters is 1. The van der Waals surface area contributed by atoms with Crippen molar-refractivity contribution in [1.29, 1.82) is 0 Å². The van der Waals surface area contributed by atoms with Crippen LogP contribution in [0.15, 0.2) is 0 Å². The van der Waals surface area contributed by atoms with Gasteiger partial charge in [-0.2, -0.15) is 8.42 Å². The van der Waals surface area contributed by atoms with Crippen LogP contribution >= 0.6 is 0 Å². The van der Waals surface area contributed by atoms with Crippen LogP contribution in [0.25, 0.3) is 0 Å². The molecule has 0 fully saturated rings. The minimum atomic E-state index is -4.67. The molecule has 9 heteroatoms. The van der Waals surface area contributed by atoms with E-state index in [2.05, 4.69) is 26.1 Å². The summed E-state index contributed by atoms with van der Waals surface area (Å²) in [6, 6.07) is 0. The minimum absolute atomic E-state index is 0. The number of nitrogens with one attached hydrogen (secondary N) is 1. The Hall–Kier alpha value is 0.936. The Balaban J connectivity index is -0.0000000692. The molecule has 0 heterocycles. The van der Waals surface area contributed by atoms with Gasteiger partial charge in [0.2, 0.25) is 0 Å². The van der Waals surface area contributed by atoms with Gasteiger partial charge in [-0.3, -0.25) is 13.9 Å². The molecule has 7 nitrogen and oxygen atoms in total. The number of carbonyl (C=O) groups excluding carboxylic acids is 1. The first-order valence-corrected chi connectivity index (χ1v) is 8.18. The van der Waals surface area contributed by atoms with Gasteiger partial charge in [-0.15, -0.1) is 0 Å². The third kappa shape index (κ3) is 62.8. The van der Waals surface area contributed by atoms with Crippen molar-refractivity contribution in [3.63, 3.8) is 0 Å². The van der Waals surface area contributed by atoms with Crippen molar-refractivity contribution in [1.82, 2.24) is 5.32 Å². The maximum absolute atomic E-state index is 10.7. The quantitative estimate of drug-likeness (QED) is 0.237. The molecule has 0 aliphatic heterocycles. The molecule has 0 aliphatic rings. The van der Waals surface area contributed by atoms with Gasteiger partial charge in [0.15, 0.2) is 0 Å². The Labute approximate surface area is 173 Å². The Kier molecular flexibility index (Phi) is 33.0. The SMILES string of the molecule is CCCCCC(=O)OCC.CCNCC.O=S(=O)(O)O.[H-].[K+]. The molecule has 0 aromatic heterocycles. The first-order chi connectivity index (χ1) is 9.22. The summed E-state index contributed by atoms with van der Waals surface area (Å²) in [5.74, 6) is -0.0593. The van der Waals surface area contributed by atoms with Gasteiger partial charge in [0, 0.05) is 6.42 Å². The zero-order valence-electron chi connectivity index (χ0n) is 14.9. The Bertz CT molecular complexity index is 294. The molecular formula is C12H30KNO6S. The van der Waals surface area contributed by atoms with Gasteiger partial charge in [-0.25, -0.2) is 0 Å². The second-order valence-electron chi connectivity index (χ2n) is 3.67. The van der Waals surface area contributed by atoms with Crippen LogP contribution in [-0.4, -0.2) is 43.2 Å². The molecule has 0 saturated heterocycles. The van der Waals surface area contributed by atoms with Gasteiger partial charge in [-0.1, -0.05) is 33.6 Å². The summed E-state index contributed by atoms with van der Waals surface area (Å²) >= 11 is 0. The average molecular weight is 356 g/mol. The molecule has 0 bridgehead atoms. The number of ether oxygens (including phenoxy) is 1. The number of unbranched alkanes of at least 4 members (excludes halogenated alkanes) is 2. The Morgan fingerprint density at radius 1 is 1.10 bits per heavy atom. The third-order valence-electron chi connectivity index (χ3n) is 1.79. The number of rotatable bonds is 7. The molecule has 0 saturated carbocycles. The van der Waals surface area contributed by atoms with Crippen molar-refractivity contribution in [3.8, 4) is 0 Å². The van der Waals surface area contributed by atoms with Crippen molar-refractivity contribution in [2.75, 3.05) is 19.7 Å². The van der Waals surface area contributed by atoms with E-state index >= 15 is 0 Å². The molecular weight excluding hydrogens is 325 g/mol. The zero-order valence-corrected chi connectivity index (χ0v) is 17.8. The van der Waals surface area contributed by atoms with Crippen LogP contribution in [0.4, 0.5) is 0 Å². The summed E-state index contributed by atoms with van der Waals surface area (Å²) in [6.07, 6.45) is 3.83. The molecule has 0 aromatic rings. The predicted octanol–water partition coefficient (Wildman–Crippen LogP) is -0.791. The molecule has 21 heavy (non-hydrogen) atoms. The van der Waals surface area contributed by atoms with Crippen LogP contribution in [0.2, 0.25) is 0 Å². The van der Waals surface area contributed by atoms with Crippen molar-refractivity contribution < 1.29 is 79.9 Å². The summed E-state index contributed by atoms with van der Waals surface area (Å²) in [6.45, 7) is 10.8. The van der Waals surface area contributed by atoms with E-state index in [1.165, 1.54) is 0 Å².